The summed E-state index contributed by atoms with van der Waals surface area (Å²) >= 11 is 0. The Bertz CT molecular complexity index is 660. The van der Waals surface area contributed by atoms with Crippen LogP contribution in [0.15, 0.2) is 4.52 Å². The van der Waals surface area contributed by atoms with Crippen molar-refractivity contribution in [3.05, 3.63) is 11.7 Å². The van der Waals surface area contributed by atoms with Crippen LogP contribution in [0.25, 0.3) is 0 Å². The standard InChI is InChI=1S/C19H31N5O3/c1-4-23-9-5-6-15(23)12-24-11-14(10-17(24)25)19(26)20-8-7-16-21-18(13(2)3)22-27-16/h13-15H,4-12H2,1-3H3,(H,20,26). The molecule has 3 rings (SSSR count). The molecule has 2 aliphatic rings. The van der Waals surface area contributed by atoms with Gasteiger partial charge in [-0.15, -0.1) is 0 Å². The van der Waals surface area contributed by atoms with Gasteiger partial charge in [0, 0.05) is 44.4 Å². The molecule has 1 aromatic heterocycles. The van der Waals surface area contributed by atoms with Crippen LogP contribution < -0.4 is 5.32 Å². The molecule has 2 atom stereocenters. The maximum absolute atomic E-state index is 12.4. The van der Waals surface area contributed by atoms with Crippen molar-refractivity contribution in [2.75, 3.05) is 32.7 Å². The van der Waals surface area contributed by atoms with Crippen LogP contribution in [0.2, 0.25) is 0 Å². The van der Waals surface area contributed by atoms with Gasteiger partial charge in [-0.1, -0.05) is 25.9 Å². The van der Waals surface area contributed by atoms with E-state index in [0.717, 1.165) is 26.1 Å². The summed E-state index contributed by atoms with van der Waals surface area (Å²) < 4.78 is 5.18. The lowest BCUT2D eigenvalue weighted by atomic mass is 10.1. The Kier molecular flexibility index (Phi) is 6.46. The Morgan fingerprint density at radius 3 is 2.93 bits per heavy atom. The summed E-state index contributed by atoms with van der Waals surface area (Å²) in [6.07, 6.45) is 3.14. The topological polar surface area (TPSA) is 91.6 Å². The van der Waals surface area contributed by atoms with Gasteiger partial charge in [0.1, 0.15) is 0 Å². The van der Waals surface area contributed by atoms with Crippen molar-refractivity contribution in [3.63, 3.8) is 0 Å². The molecule has 2 saturated heterocycles. The number of amides is 2. The van der Waals surface area contributed by atoms with Crippen LogP contribution in [-0.2, 0) is 16.0 Å². The molecular formula is C19H31N5O3. The van der Waals surface area contributed by atoms with Crippen LogP contribution in [0.5, 0.6) is 0 Å². The summed E-state index contributed by atoms with van der Waals surface area (Å²) in [6.45, 7) is 10.0. The number of aromatic nitrogens is 2. The van der Waals surface area contributed by atoms with E-state index in [-0.39, 0.29) is 23.7 Å². The van der Waals surface area contributed by atoms with E-state index in [4.69, 9.17) is 4.52 Å². The van der Waals surface area contributed by atoms with E-state index in [1.807, 2.05) is 18.7 Å². The van der Waals surface area contributed by atoms with Crippen molar-refractivity contribution in [1.82, 2.24) is 25.3 Å². The second-order valence-electron chi connectivity index (χ2n) is 7.87. The molecular weight excluding hydrogens is 346 g/mol. The number of nitrogens with zero attached hydrogens (tertiary/aromatic N) is 4. The predicted octanol–water partition coefficient (Wildman–Crippen LogP) is 1.18. The lowest BCUT2D eigenvalue weighted by Gasteiger charge is -2.27. The molecule has 0 aliphatic carbocycles. The largest absolute Gasteiger partial charge is 0.355 e. The fraction of sp³-hybridized carbons (Fsp3) is 0.789. The Morgan fingerprint density at radius 1 is 1.41 bits per heavy atom. The van der Waals surface area contributed by atoms with Crippen LogP contribution in [0, 0.1) is 5.92 Å². The maximum Gasteiger partial charge on any atom is 0.228 e. The second-order valence-corrected chi connectivity index (χ2v) is 7.87. The number of hydrogen-bond donors (Lipinski definition) is 1. The number of rotatable bonds is 8. The van der Waals surface area contributed by atoms with Gasteiger partial charge >= 0.3 is 0 Å². The normalized spacial score (nSPS) is 23.6. The molecule has 2 unspecified atom stereocenters. The van der Waals surface area contributed by atoms with Gasteiger partial charge in [0.15, 0.2) is 5.82 Å². The van der Waals surface area contributed by atoms with Gasteiger partial charge in [-0.05, 0) is 25.9 Å². The molecule has 0 spiro atoms. The number of hydrogen-bond acceptors (Lipinski definition) is 6. The SMILES string of the molecule is CCN1CCCC1CN1CC(C(=O)NCCc2nc(C(C)C)no2)CC1=O. The van der Waals surface area contributed by atoms with Crippen molar-refractivity contribution >= 4 is 11.8 Å². The number of carbonyl (C=O) groups is 2. The highest BCUT2D eigenvalue weighted by Gasteiger charge is 2.36. The molecule has 27 heavy (non-hydrogen) atoms. The van der Waals surface area contributed by atoms with Crippen LogP contribution in [-0.4, -0.2) is 70.5 Å². The number of likely N-dealkylation sites (N-methyl/N-ethyl adjacent to an activating group) is 1. The first-order valence-electron chi connectivity index (χ1n) is 10.1. The molecule has 0 radical (unpaired) electrons. The van der Waals surface area contributed by atoms with E-state index in [1.165, 1.54) is 6.42 Å². The molecule has 8 nitrogen and oxygen atoms in total. The third-order valence-corrected chi connectivity index (χ3v) is 5.56. The van der Waals surface area contributed by atoms with Crippen molar-refractivity contribution in [2.45, 2.75) is 58.4 Å². The van der Waals surface area contributed by atoms with Gasteiger partial charge < -0.3 is 14.7 Å². The molecule has 0 saturated carbocycles. The third-order valence-electron chi connectivity index (χ3n) is 5.56. The van der Waals surface area contributed by atoms with Crippen LogP contribution in [0.1, 0.15) is 57.7 Å². The minimum Gasteiger partial charge on any atom is -0.355 e. The molecule has 150 valence electrons. The number of nitrogens with one attached hydrogen (secondary N) is 1. The second kappa shape index (κ2) is 8.82. The molecule has 2 amide bonds. The summed E-state index contributed by atoms with van der Waals surface area (Å²) in [6, 6.07) is 0.438. The minimum atomic E-state index is -0.261. The smallest absolute Gasteiger partial charge is 0.228 e. The zero-order chi connectivity index (χ0) is 19.4. The monoisotopic (exact) mass is 377 g/mol. The molecule has 8 heteroatoms. The van der Waals surface area contributed by atoms with E-state index in [0.29, 0.717) is 43.7 Å². The first kappa shape index (κ1) is 19.8. The van der Waals surface area contributed by atoms with Crippen molar-refractivity contribution in [3.8, 4) is 0 Å². The molecule has 1 aromatic rings. The lowest BCUT2D eigenvalue weighted by Crippen LogP contribution is -2.41. The van der Waals surface area contributed by atoms with Gasteiger partial charge in [0.05, 0.1) is 5.92 Å². The first-order chi connectivity index (χ1) is 13.0. The van der Waals surface area contributed by atoms with E-state index in [2.05, 4.69) is 27.3 Å². The summed E-state index contributed by atoms with van der Waals surface area (Å²) in [5, 5.41) is 6.83. The van der Waals surface area contributed by atoms with E-state index < -0.39 is 0 Å². The van der Waals surface area contributed by atoms with Gasteiger partial charge in [-0.25, -0.2) is 0 Å². The molecule has 1 N–H and O–H groups in total. The highest BCUT2D eigenvalue weighted by atomic mass is 16.5. The Balaban J connectivity index is 1.43. The highest BCUT2D eigenvalue weighted by molar-refractivity contribution is 5.89. The number of likely N-dealkylation sites (tertiary alicyclic amines) is 2. The van der Waals surface area contributed by atoms with Gasteiger partial charge in [-0.3, -0.25) is 14.5 Å². The average molecular weight is 377 g/mol. The quantitative estimate of drug-likeness (QED) is 0.732. The van der Waals surface area contributed by atoms with Crippen LogP contribution in [0.3, 0.4) is 0 Å². The van der Waals surface area contributed by atoms with Gasteiger partial charge in [-0.2, -0.15) is 4.98 Å². The van der Waals surface area contributed by atoms with E-state index in [1.54, 1.807) is 0 Å². The van der Waals surface area contributed by atoms with Crippen LogP contribution in [0.4, 0.5) is 0 Å². The zero-order valence-electron chi connectivity index (χ0n) is 16.6. The third kappa shape index (κ3) is 4.86. The summed E-state index contributed by atoms with van der Waals surface area (Å²) in [5.41, 5.74) is 0. The fourth-order valence-corrected chi connectivity index (χ4v) is 3.94. The number of carbonyl (C=O) groups excluding carboxylic acids is 2. The maximum atomic E-state index is 12.4. The Morgan fingerprint density at radius 2 is 2.22 bits per heavy atom. The Hall–Kier alpha value is -1.96. The minimum absolute atomic E-state index is 0.0618. The predicted molar refractivity (Wildman–Crippen MR) is 100 cm³/mol. The van der Waals surface area contributed by atoms with Gasteiger partial charge in [0.25, 0.3) is 0 Å². The molecule has 3 heterocycles. The molecule has 2 fully saturated rings. The zero-order valence-corrected chi connectivity index (χ0v) is 16.6. The van der Waals surface area contributed by atoms with Crippen molar-refractivity contribution in [2.24, 2.45) is 5.92 Å². The van der Waals surface area contributed by atoms with Crippen molar-refractivity contribution < 1.29 is 14.1 Å². The van der Waals surface area contributed by atoms with Gasteiger partial charge in [0.2, 0.25) is 17.7 Å². The summed E-state index contributed by atoms with van der Waals surface area (Å²) in [7, 11) is 0. The molecule has 0 aromatic carbocycles. The van der Waals surface area contributed by atoms with Crippen molar-refractivity contribution in [1.29, 1.82) is 0 Å². The molecule has 2 aliphatic heterocycles. The summed E-state index contributed by atoms with van der Waals surface area (Å²) in [5.74, 6) is 1.20. The van der Waals surface area contributed by atoms with E-state index in [9.17, 15) is 9.59 Å². The summed E-state index contributed by atoms with van der Waals surface area (Å²) in [4.78, 5) is 33.4. The van der Waals surface area contributed by atoms with Crippen LogP contribution >= 0.6 is 0 Å². The lowest BCUT2D eigenvalue weighted by molar-refractivity contribution is -0.129. The Labute approximate surface area is 160 Å². The fourth-order valence-electron chi connectivity index (χ4n) is 3.94. The molecule has 0 bridgehead atoms. The first-order valence-corrected chi connectivity index (χ1v) is 10.1. The van der Waals surface area contributed by atoms with E-state index >= 15 is 0 Å². The average Bonchev–Trinajstić information content (AvgIpc) is 3.36. The highest BCUT2D eigenvalue weighted by Crippen LogP contribution is 2.23.